The molecule has 19 heavy (non-hydrogen) atoms. The second kappa shape index (κ2) is 4.56. The van der Waals surface area contributed by atoms with Gasteiger partial charge in [-0.25, -0.2) is 9.97 Å². The van der Waals surface area contributed by atoms with E-state index in [2.05, 4.69) is 19.9 Å². The molecule has 2 aromatic rings. The van der Waals surface area contributed by atoms with E-state index >= 15 is 0 Å². The molecule has 2 rings (SSSR count). The van der Waals surface area contributed by atoms with Crippen LogP contribution in [0.4, 0.5) is 0 Å². The lowest BCUT2D eigenvalue weighted by Gasteiger charge is -2.05. The molecule has 4 N–H and O–H groups in total. The minimum Gasteiger partial charge on any atom is -0.493 e. The molecule has 0 aliphatic carbocycles. The quantitative estimate of drug-likeness (QED) is 0.576. The molecule has 0 spiro atoms. The number of rotatable bonds is 2. The zero-order valence-electron chi connectivity index (χ0n) is 10.3. The SMILES string of the molecule is Cc1nc(O)c(Cc2c(O)nc(C)[nH]c2=O)c(=O)[nH]1. The molecule has 0 radical (unpaired) electrons. The van der Waals surface area contributed by atoms with Crippen molar-refractivity contribution in [1.29, 1.82) is 0 Å². The molecule has 0 unspecified atom stereocenters. The predicted molar refractivity (Wildman–Crippen MR) is 65.3 cm³/mol. The maximum Gasteiger partial charge on any atom is 0.258 e. The van der Waals surface area contributed by atoms with Crippen LogP contribution in [0.25, 0.3) is 0 Å². The normalized spacial score (nSPS) is 10.6. The number of aromatic hydroxyl groups is 2. The van der Waals surface area contributed by atoms with E-state index < -0.39 is 22.9 Å². The van der Waals surface area contributed by atoms with Crippen LogP contribution >= 0.6 is 0 Å². The zero-order valence-corrected chi connectivity index (χ0v) is 10.3. The van der Waals surface area contributed by atoms with Crippen LogP contribution < -0.4 is 11.1 Å². The molecule has 8 heteroatoms. The first-order valence-corrected chi connectivity index (χ1v) is 5.46. The standard InChI is InChI=1S/C11H12N4O4/c1-4-12-8(16)6(9(17)13-4)3-7-10(18)14-5(2)15-11(7)19/h3H2,1-2H3,(H2,12,13,16,17)(H2,14,15,18,19). The van der Waals surface area contributed by atoms with E-state index in [1.54, 1.807) is 0 Å². The van der Waals surface area contributed by atoms with Crippen LogP contribution in [0.15, 0.2) is 9.59 Å². The van der Waals surface area contributed by atoms with Gasteiger partial charge in [-0.05, 0) is 13.8 Å². The molecule has 2 heterocycles. The van der Waals surface area contributed by atoms with Crippen LogP contribution in [0.2, 0.25) is 0 Å². The molecular formula is C11H12N4O4. The van der Waals surface area contributed by atoms with E-state index in [-0.39, 0.29) is 29.2 Å². The van der Waals surface area contributed by atoms with Crippen molar-refractivity contribution in [2.75, 3.05) is 0 Å². The Morgan fingerprint density at radius 2 is 1.26 bits per heavy atom. The Hall–Kier alpha value is -2.64. The summed E-state index contributed by atoms with van der Waals surface area (Å²) in [4.78, 5) is 35.6. The van der Waals surface area contributed by atoms with Crippen molar-refractivity contribution >= 4 is 0 Å². The third kappa shape index (κ3) is 2.46. The zero-order chi connectivity index (χ0) is 14.2. The Morgan fingerprint density at radius 3 is 1.58 bits per heavy atom. The Morgan fingerprint density at radius 1 is 0.895 bits per heavy atom. The molecule has 0 amide bonds. The van der Waals surface area contributed by atoms with Gasteiger partial charge in [-0.15, -0.1) is 0 Å². The Balaban J connectivity index is 2.54. The lowest BCUT2D eigenvalue weighted by atomic mass is 10.1. The van der Waals surface area contributed by atoms with E-state index in [1.807, 2.05) is 0 Å². The average Bonchev–Trinajstić information content (AvgIpc) is 2.25. The fourth-order valence-corrected chi connectivity index (χ4v) is 1.69. The number of aromatic amines is 2. The summed E-state index contributed by atoms with van der Waals surface area (Å²) in [5.74, 6) is -0.431. The number of hydrogen-bond donors (Lipinski definition) is 4. The van der Waals surface area contributed by atoms with Crippen LogP contribution in [-0.4, -0.2) is 30.1 Å². The van der Waals surface area contributed by atoms with Gasteiger partial charge in [0.15, 0.2) is 0 Å². The molecule has 0 aliphatic heterocycles. The first-order valence-electron chi connectivity index (χ1n) is 5.46. The predicted octanol–water partition coefficient (Wildman–Crippen LogP) is -0.528. The van der Waals surface area contributed by atoms with Crippen molar-refractivity contribution in [3.8, 4) is 11.8 Å². The van der Waals surface area contributed by atoms with Gasteiger partial charge in [0.1, 0.15) is 11.6 Å². The fraction of sp³-hybridized carbons (Fsp3) is 0.273. The third-order valence-corrected chi connectivity index (χ3v) is 2.58. The number of aryl methyl sites for hydroxylation is 2. The lowest BCUT2D eigenvalue weighted by Crippen LogP contribution is -2.21. The maximum absolute atomic E-state index is 11.7. The number of H-pyrrole nitrogens is 2. The highest BCUT2D eigenvalue weighted by atomic mass is 16.3. The van der Waals surface area contributed by atoms with Crippen molar-refractivity contribution in [3.05, 3.63) is 43.5 Å². The summed E-state index contributed by atoms with van der Waals surface area (Å²) in [5, 5.41) is 19.2. The van der Waals surface area contributed by atoms with Crippen molar-refractivity contribution in [1.82, 2.24) is 19.9 Å². The minimum absolute atomic E-state index is 0.1000. The van der Waals surface area contributed by atoms with Gasteiger partial charge in [-0.3, -0.25) is 9.59 Å². The van der Waals surface area contributed by atoms with Crippen molar-refractivity contribution in [3.63, 3.8) is 0 Å². The highest BCUT2D eigenvalue weighted by molar-refractivity contribution is 5.33. The van der Waals surface area contributed by atoms with Crippen LogP contribution in [-0.2, 0) is 6.42 Å². The largest absolute Gasteiger partial charge is 0.493 e. The van der Waals surface area contributed by atoms with Gasteiger partial charge in [0.05, 0.1) is 11.1 Å². The van der Waals surface area contributed by atoms with Crippen LogP contribution in [0, 0.1) is 13.8 Å². The summed E-state index contributed by atoms with van der Waals surface area (Å²) < 4.78 is 0. The molecular weight excluding hydrogens is 252 g/mol. The van der Waals surface area contributed by atoms with Gasteiger partial charge >= 0.3 is 0 Å². The average molecular weight is 264 g/mol. The Kier molecular flexibility index (Phi) is 3.07. The number of nitrogens with one attached hydrogen (secondary N) is 2. The Bertz CT molecular complexity index is 684. The summed E-state index contributed by atoms with van der Waals surface area (Å²) >= 11 is 0. The van der Waals surface area contributed by atoms with E-state index in [9.17, 15) is 19.8 Å². The van der Waals surface area contributed by atoms with Crippen molar-refractivity contribution in [2.24, 2.45) is 0 Å². The van der Waals surface area contributed by atoms with E-state index in [1.165, 1.54) is 13.8 Å². The summed E-state index contributed by atoms with van der Waals surface area (Å²) in [7, 11) is 0. The molecule has 100 valence electrons. The minimum atomic E-state index is -0.565. The van der Waals surface area contributed by atoms with E-state index in [0.717, 1.165) is 0 Å². The molecule has 0 aliphatic rings. The van der Waals surface area contributed by atoms with Gasteiger partial charge in [-0.1, -0.05) is 0 Å². The van der Waals surface area contributed by atoms with Gasteiger partial charge < -0.3 is 20.2 Å². The van der Waals surface area contributed by atoms with Gasteiger partial charge in [0, 0.05) is 6.42 Å². The molecule has 0 saturated heterocycles. The topological polar surface area (TPSA) is 132 Å². The van der Waals surface area contributed by atoms with E-state index in [4.69, 9.17) is 0 Å². The number of hydrogen-bond acceptors (Lipinski definition) is 6. The van der Waals surface area contributed by atoms with Crippen molar-refractivity contribution < 1.29 is 10.2 Å². The molecule has 8 nitrogen and oxygen atoms in total. The highest BCUT2D eigenvalue weighted by Gasteiger charge is 2.16. The molecule has 0 aromatic carbocycles. The van der Waals surface area contributed by atoms with Gasteiger partial charge in [0.2, 0.25) is 11.8 Å². The molecule has 0 atom stereocenters. The first kappa shape index (κ1) is 12.8. The second-order valence-electron chi connectivity index (χ2n) is 4.08. The smallest absolute Gasteiger partial charge is 0.258 e. The van der Waals surface area contributed by atoms with Crippen LogP contribution in [0.1, 0.15) is 22.8 Å². The van der Waals surface area contributed by atoms with E-state index in [0.29, 0.717) is 0 Å². The molecule has 2 aromatic heterocycles. The molecule has 0 fully saturated rings. The van der Waals surface area contributed by atoms with Crippen LogP contribution in [0.3, 0.4) is 0 Å². The second-order valence-corrected chi connectivity index (χ2v) is 4.08. The van der Waals surface area contributed by atoms with Gasteiger partial charge in [0.25, 0.3) is 11.1 Å². The number of aromatic nitrogens is 4. The van der Waals surface area contributed by atoms with Crippen molar-refractivity contribution in [2.45, 2.75) is 20.3 Å². The fourth-order valence-electron chi connectivity index (χ4n) is 1.69. The summed E-state index contributed by atoms with van der Waals surface area (Å²) in [6, 6.07) is 0. The highest BCUT2D eigenvalue weighted by Crippen LogP contribution is 2.16. The summed E-state index contributed by atoms with van der Waals surface area (Å²) in [6.07, 6.45) is -0.261. The van der Waals surface area contributed by atoms with Gasteiger partial charge in [-0.2, -0.15) is 0 Å². The lowest BCUT2D eigenvalue weighted by molar-refractivity contribution is 0.434. The third-order valence-electron chi connectivity index (χ3n) is 2.58. The molecule has 0 saturated carbocycles. The number of nitrogens with zero attached hydrogens (tertiary/aromatic N) is 2. The Labute approximate surface area is 106 Å². The van der Waals surface area contributed by atoms with Crippen LogP contribution in [0.5, 0.6) is 11.8 Å². The summed E-state index contributed by atoms with van der Waals surface area (Å²) in [6.45, 7) is 3.03. The maximum atomic E-state index is 11.7. The molecule has 0 bridgehead atoms. The first-order chi connectivity index (χ1) is 8.88. The monoisotopic (exact) mass is 264 g/mol. The summed E-state index contributed by atoms with van der Waals surface area (Å²) in [5.41, 5.74) is -1.33.